The Morgan fingerprint density at radius 3 is 1.83 bits per heavy atom. The Bertz CT molecular complexity index is 1420. The standard InChI is InChI=1S/C35H42O11S/c1-24(36)43-32-31(46-35(47-30-11-5-4-6-12-30)34(45-26(3)38)33(32)44-25(2)37)23-42-20-18-40-16-15-39-17-19-41-22-27-13-14-28-9-7-8-10-29(28)21-27/h4-14,21,31-35H,15-20,22-23H2,1-3H3/t31-,32+,33+,34-,35+/m1/s1. The molecule has 12 heteroatoms. The van der Waals surface area contributed by atoms with E-state index in [4.69, 9.17) is 37.9 Å². The Labute approximate surface area is 279 Å². The third-order valence-electron chi connectivity index (χ3n) is 6.97. The van der Waals surface area contributed by atoms with E-state index in [2.05, 4.69) is 30.3 Å². The number of benzene rings is 3. The van der Waals surface area contributed by atoms with E-state index < -0.39 is 47.8 Å². The lowest BCUT2D eigenvalue weighted by atomic mass is 9.99. The van der Waals surface area contributed by atoms with Gasteiger partial charge in [-0.15, -0.1) is 0 Å². The van der Waals surface area contributed by atoms with Crippen LogP contribution in [0.25, 0.3) is 10.8 Å². The molecule has 0 radical (unpaired) electrons. The highest BCUT2D eigenvalue weighted by Crippen LogP contribution is 2.37. The molecule has 1 aliphatic rings. The number of thioether (sulfide) groups is 1. The van der Waals surface area contributed by atoms with Crippen LogP contribution in [0.4, 0.5) is 0 Å². The molecule has 0 spiro atoms. The van der Waals surface area contributed by atoms with Crippen LogP contribution >= 0.6 is 11.8 Å². The molecule has 0 aromatic heterocycles. The maximum atomic E-state index is 12.1. The largest absolute Gasteiger partial charge is 0.456 e. The summed E-state index contributed by atoms with van der Waals surface area (Å²) in [5.41, 5.74) is 0.331. The van der Waals surface area contributed by atoms with E-state index in [1.165, 1.54) is 43.3 Å². The summed E-state index contributed by atoms with van der Waals surface area (Å²) in [5.74, 6) is -1.83. The number of esters is 3. The zero-order valence-corrected chi connectivity index (χ0v) is 27.7. The van der Waals surface area contributed by atoms with Crippen LogP contribution in [0.1, 0.15) is 26.3 Å². The molecule has 0 amide bonds. The second-order valence-electron chi connectivity index (χ2n) is 10.7. The van der Waals surface area contributed by atoms with E-state index in [1.54, 1.807) is 0 Å². The summed E-state index contributed by atoms with van der Waals surface area (Å²) in [5, 5.41) is 2.39. The molecule has 3 aromatic carbocycles. The number of ether oxygens (including phenoxy) is 8. The minimum absolute atomic E-state index is 0.00274. The van der Waals surface area contributed by atoms with Crippen LogP contribution in [-0.2, 0) is 58.9 Å². The van der Waals surface area contributed by atoms with Crippen molar-refractivity contribution in [2.24, 2.45) is 0 Å². The van der Waals surface area contributed by atoms with Crippen LogP contribution in [-0.4, -0.2) is 94.0 Å². The van der Waals surface area contributed by atoms with Crippen molar-refractivity contribution in [2.75, 3.05) is 46.2 Å². The predicted octanol–water partition coefficient (Wildman–Crippen LogP) is 4.72. The van der Waals surface area contributed by atoms with Crippen LogP contribution < -0.4 is 0 Å². The van der Waals surface area contributed by atoms with Crippen LogP contribution in [0.2, 0.25) is 0 Å². The third kappa shape index (κ3) is 12.2. The van der Waals surface area contributed by atoms with Crippen molar-refractivity contribution in [3.8, 4) is 0 Å². The van der Waals surface area contributed by atoms with Gasteiger partial charge >= 0.3 is 17.9 Å². The number of fused-ring (bicyclic) bond motifs is 1. The first-order chi connectivity index (χ1) is 22.8. The lowest BCUT2D eigenvalue weighted by Gasteiger charge is -2.44. The first-order valence-electron chi connectivity index (χ1n) is 15.5. The molecule has 1 aliphatic heterocycles. The summed E-state index contributed by atoms with van der Waals surface area (Å²) < 4.78 is 45.7. The molecule has 11 nitrogen and oxygen atoms in total. The van der Waals surface area contributed by atoms with Crippen molar-refractivity contribution in [3.05, 3.63) is 78.4 Å². The molecule has 0 N–H and O–H groups in total. The van der Waals surface area contributed by atoms with Crippen molar-refractivity contribution >= 4 is 40.4 Å². The molecule has 47 heavy (non-hydrogen) atoms. The Kier molecular flexibility index (Phi) is 14.9. The van der Waals surface area contributed by atoms with Gasteiger partial charge in [-0.3, -0.25) is 14.4 Å². The van der Waals surface area contributed by atoms with E-state index in [-0.39, 0.29) is 13.2 Å². The fourth-order valence-corrected chi connectivity index (χ4v) is 6.12. The van der Waals surface area contributed by atoms with Crippen LogP contribution in [0, 0.1) is 0 Å². The summed E-state index contributed by atoms with van der Waals surface area (Å²) in [7, 11) is 0. The molecule has 4 rings (SSSR count). The first-order valence-corrected chi connectivity index (χ1v) is 16.4. The van der Waals surface area contributed by atoms with E-state index >= 15 is 0 Å². The smallest absolute Gasteiger partial charge is 0.303 e. The zero-order chi connectivity index (χ0) is 33.4. The van der Waals surface area contributed by atoms with Gasteiger partial charge < -0.3 is 37.9 Å². The summed E-state index contributed by atoms with van der Waals surface area (Å²) in [6, 6.07) is 23.9. The van der Waals surface area contributed by atoms with Gasteiger partial charge in [-0.05, 0) is 34.5 Å². The lowest BCUT2D eigenvalue weighted by Crippen LogP contribution is -2.61. The molecule has 3 aromatic rings. The maximum Gasteiger partial charge on any atom is 0.303 e. The molecule has 1 heterocycles. The number of carbonyl (C=O) groups is 3. The van der Waals surface area contributed by atoms with Crippen molar-refractivity contribution in [1.82, 2.24) is 0 Å². The van der Waals surface area contributed by atoms with Gasteiger partial charge in [0.05, 0.1) is 52.9 Å². The Morgan fingerprint density at radius 2 is 1.17 bits per heavy atom. The van der Waals surface area contributed by atoms with Crippen molar-refractivity contribution in [3.63, 3.8) is 0 Å². The van der Waals surface area contributed by atoms with Crippen molar-refractivity contribution in [2.45, 2.75) is 62.1 Å². The average Bonchev–Trinajstić information content (AvgIpc) is 3.04. The highest BCUT2D eigenvalue weighted by molar-refractivity contribution is 7.99. The topological polar surface area (TPSA) is 125 Å². The van der Waals surface area contributed by atoms with Gasteiger partial charge in [-0.1, -0.05) is 66.4 Å². The quantitative estimate of drug-likeness (QED) is 0.106. The summed E-state index contributed by atoms with van der Waals surface area (Å²) in [6.07, 6.45) is -4.07. The molecular formula is C35H42O11S. The predicted molar refractivity (Wildman–Crippen MR) is 174 cm³/mol. The molecule has 0 aliphatic carbocycles. The number of rotatable bonds is 18. The molecular weight excluding hydrogens is 628 g/mol. The summed E-state index contributed by atoms with van der Waals surface area (Å²) in [6.45, 7) is 6.45. The highest BCUT2D eigenvalue weighted by Gasteiger charge is 2.52. The van der Waals surface area contributed by atoms with E-state index in [1.807, 2.05) is 42.5 Å². The van der Waals surface area contributed by atoms with Crippen LogP contribution in [0.3, 0.4) is 0 Å². The first kappa shape index (κ1) is 36.3. The molecule has 0 bridgehead atoms. The molecule has 0 saturated carbocycles. The van der Waals surface area contributed by atoms with E-state index in [0.717, 1.165) is 10.5 Å². The van der Waals surface area contributed by atoms with Gasteiger partial charge in [-0.25, -0.2) is 0 Å². The van der Waals surface area contributed by atoms with Crippen LogP contribution in [0.5, 0.6) is 0 Å². The normalized spacial score (nSPS) is 20.9. The second-order valence-corrected chi connectivity index (χ2v) is 11.9. The Balaban J connectivity index is 1.19. The van der Waals surface area contributed by atoms with Gasteiger partial charge in [0.1, 0.15) is 11.5 Å². The molecule has 254 valence electrons. The van der Waals surface area contributed by atoms with Gasteiger partial charge in [0.25, 0.3) is 0 Å². The van der Waals surface area contributed by atoms with Gasteiger partial charge in [-0.2, -0.15) is 0 Å². The fourth-order valence-electron chi connectivity index (χ4n) is 4.99. The van der Waals surface area contributed by atoms with Gasteiger partial charge in [0.15, 0.2) is 18.3 Å². The minimum atomic E-state index is -1.12. The Morgan fingerprint density at radius 1 is 0.617 bits per heavy atom. The lowest BCUT2D eigenvalue weighted by molar-refractivity contribution is -0.238. The highest BCUT2D eigenvalue weighted by atomic mass is 32.2. The molecule has 5 atom stereocenters. The Hall–Kier alpha value is -3.52. The number of carbonyl (C=O) groups excluding carboxylic acids is 3. The summed E-state index contributed by atoms with van der Waals surface area (Å²) in [4.78, 5) is 37.0. The molecule has 0 unspecified atom stereocenters. The minimum Gasteiger partial charge on any atom is -0.456 e. The maximum absolute atomic E-state index is 12.1. The van der Waals surface area contributed by atoms with Crippen molar-refractivity contribution < 1.29 is 52.3 Å². The van der Waals surface area contributed by atoms with Gasteiger partial charge in [0, 0.05) is 25.7 Å². The zero-order valence-electron chi connectivity index (χ0n) is 26.9. The monoisotopic (exact) mass is 670 g/mol. The fraction of sp³-hybridized carbons (Fsp3) is 0.457. The third-order valence-corrected chi connectivity index (χ3v) is 8.13. The van der Waals surface area contributed by atoms with E-state index in [0.29, 0.717) is 39.6 Å². The van der Waals surface area contributed by atoms with E-state index in [9.17, 15) is 14.4 Å². The van der Waals surface area contributed by atoms with Gasteiger partial charge in [0.2, 0.25) is 0 Å². The number of hydrogen-bond donors (Lipinski definition) is 0. The summed E-state index contributed by atoms with van der Waals surface area (Å²) >= 11 is 1.29. The molecule has 1 fully saturated rings. The SMILES string of the molecule is CC(=O)O[C@H]1[C@@H](OC(C)=O)[C@@H](COCCOCCOCCOCc2ccc3ccccc3c2)O[C@@H](Sc2ccccc2)[C@@H]1OC(C)=O. The number of hydrogen-bond acceptors (Lipinski definition) is 12. The molecule has 1 saturated heterocycles. The second kappa shape index (κ2) is 19.3. The van der Waals surface area contributed by atoms with Crippen LogP contribution in [0.15, 0.2) is 77.7 Å². The van der Waals surface area contributed by atoms with Crippen molar-refractivity contribution in [1.29, 1.82) is 0 Å². The average molecular weight is 671 g/mol.